The molecule has 1 aromatic rings. The highest BCUT2D eigenvalue weighted by Gasteiger charge is 2.28. The molecule has 1 unspecified atom stereocenters. The summed E-state index contributed by atoms with van der Waals surface area (Å²) in [5.74, 6) is 0. The van der Waals surface area contributed by atoms with Crippen molar-refractivity contribution in [2.24, 2.45) is 0 Å². The summed E-state index contributed by atoms with van der Waals surface area (Å²) in [4.78, 5) is 3.73. The number of sulfonamides is 1. The zero-order chi connectivity index (χ0) is 15.0. The van der Waals surface area contributed by atoms with Gasteiger partial charge in [-0.25, -0.2) is 21.8 Å². The van der Waals surface area contributed by atoms with Crippen LogP contribution in [-0.2, 0) is 19.9 Å². The van der Waals surface area contributed by atoms with Gasteiger partial charge in [0.25, 0.3) is 0 Å². The molecule has 0 aromatic carbocycles. The van der Waals surface area contributed by atoms with E-state index in [4.69, 9.17) is 0 Å². The minimum absolute atomic E-state index is 0.0130. The quantitative estimate of drug-likeness (QED) is 0.804. The zero-order valence-corrected chi connectivity index (χ0v) is 12.9. The second-order valence-electron chi connectivity index (χ2n) is 4.82. The van der Waals surface area contributed by atoms with Crippen LogP contribution in [0, 0.1) is 0 Å². The Morgan fingerprint density at radius 2 is 2.00 bits per heavy atom. The van der Waals surface area contributed by atoms with E-state index in [9.17, 15) is 16.8 Å². The Bertz CT molecular complexity index is 683. The van der Waals surface area contributed by atoms with Crippen LogP contribution in [0.5, 0.6) is 0 Å². The monoisotopic (exact) mass is 319 g/mol. The SMILES string of the molecule is CC1CN(S(=O)(=O)c2ccc(S(C)(=O)=O)nc2)CCN1. The van der Waals surface area contributed by atoms with Gasteiger partial charge in [-0.1, -0.05) is 0 Å². The van der Waals surface area contributed by atoms with Gasteiger partial charge in [-0.15, -0.1) is 0 Å². The highest BCUT2D eigenvalue weighted by molar-refractivity contribution is 7.90. The molecule has 1 saturated heterocycles. The first-order valence-electron chi connectivity index (χ1n) is 6.11. The lowest BCUT2D eigenvalue weighted by molar-refractivity contribution is 0.310. The molecule has 2 rings (SSSR count). The predicted octanol–water partition coefficient (Wildman–Crippen LogP) is -0.532. The van der Waals surface area contributed by atoms with Crippen LogP contribution in [0.3, 0.4) is 0 Å². The van der Waals surface area contributed by atoms with Crippen LogP contribution in [-0.4, -0.2) is 58.1 Å². The second kappa shape index (κ2) is 5.40. The minimum Gasteiger partial charge on any atom is -0.312 e. The van der Waals surface area contributed by atoms with Gasteiger partial charge >= 0.3 is 0 Å². The van der Waals surface area contributed by atoms with E-state index < -0.39 is 19.9 Å². The van der Waals surface area contributed by atoms with Crippen molar-refractivity contribution in [3.8, 4) is 0 Å². The molecular weight excluding hydrogens is 302 g/mol. The zero-order valence-electron chi connectivity index (χ0n) is 11.3. The topological polar surface area (TPSA) is 96.4 Å². The van der Waals surface area contributed by atoms with Crippen LogP contribution in [0.2, 0.25) is 0 Å². The maximum atomic E-state index is 12.4. The van der Waals surface area contributed by atoms with Crippen LogP contribution in [0.15, 0.2) is 28.3 Å². The molecule has 9 heteroatoms. The molecule has 7 nitrogen and oxygen atoms in total. The average molecular weight is 319 g/mol. The van der Waals surface area contributed by atoms with Crippen molar-refractivity contribution in [3.05, 3.63) is 18.3 Å². The maximum Gasteiger partial charge on any atom is 0.244 e. The van der Waals surface area contributed by atoms with E-state index >= 15 is 0 Å². The number of pyridine rings is 1. The summed E-state index contributed by atoms with van der Waals surface area (Å²) in [6.07, 6.45) is 2.12. The Morgan fingerprint density at radius 1 is 1.30 bits per heavy atom. The summed E-state index contributed by atoms with van der Waals surface area (Å²) in [6.45, 7) is 3.28. The third-order valence-electron chi connectivity index (χ3n) is 3.06. The van der Waals surface area contributed by atoms with Gasteiger partial charge in [-0.3, -0.25) is 0 Å². The fourth-order valence-electron chi connectivity index (χ4n) is 2.00. The molecule has 0 saturated carbocycles. The Morgan fingerprint density at radius 3 is 2.50 bits per heavy atom. The van der Waals surface area contributed by atoms with Gasteiger partial charge in [0, 0.05) is 38.1 Å². The van der Waals surface area contributed by atoms with E-state index in [0.717, 1.165) is 12.5 Å². The number of hydrogen-bond donors (Lipinski definition) is 1. The Labute approximate surface area is 119 Å². The molecule has 20 heavy (non-hydrogen) atoms. The summed E-state index contributed by atoms with van der Waals surface area (Å²) in [5, 5.41) is 3.03. The van der Waals surface area contributed by atoms with Crippen LogP contribution < -0.4 is 5.32 Å². The number of rotatable bonds is 3. The highest BCUT2D eigenvalue weighted by atomic mass is 32.2. The molecule has 112 valence electrons. The molecule has 1 N–H and O–H groups in total. The molecule has 1 aliphatic rings. The maximum absolute atomic E-state index is 12.4. The van der Waals surface area contributed by atoms with Crippen molar-refractivity contribution in [2.75, 3.05) is 25.9 Å². The van der Waals surface area contributed by atoms with E-state index in [1.165, 1.54) is 16.4 Å². The van der Waals surface area contributed by atoms with Gasteiger partial charge in [0.1, 0.15) is 4.90 Å². The molecule has 1 atom stereocenters. The van der Waals surface area contributed by atoms with Gasteiger partial charge in [0.05, 0.1) is 0 Å². The molecule has 0 amide bonds. The van der Waals surface area contributed by atoms with E-state index in [-0.39, 0.29) is 16.0 Å². The lowest BCUT2D eigenvalue weighted by atomic mass is 10.3. The Hall–Kier alpha value is -1.03. The van der Waals surface area contributed by atoms with Gasteiger partial charge in [-0.2, -0.15) is 4.31 Å². The lowest BCUT2D eigenvalue weighted by Gasteiger charge is -2.30. The van der Waals surface area contributed by atoms with Crippen molar-refractivity contribution in [1.82, 2.24) is 14.6 Å². The van der Waals surface area contributed by atoms with Crippen molar-refractivity contribution in [2.45, 2.75) is 22.9 Å². The van der Waals surface area contributed by atoms with Gasteiger partial charge in [0.15, 0.2) is 14.9 Å². The van der Waals surface area contributed by atoms with Crippen LogP contribution in [0.4, 0.5) is 0 Å². The van der Waals surface area contributed by atoms with Gasteiger partial charge < -0.3 is 5.32 Å². The summed E-state index contributed by atoms with van der Waals surface area (Å²) in [5.41, 5.74) is 0. The normalized spacial score (nSPS) is 21.8. The summed E-state index contributed by atoms with van der Waals surface area (Å²) < 4.78 is 48.8. The minimum atomic E-state index is -3.62. The largest absolute Gasteiger partial charge is 0.312 e. The van der Waals surface area contributed by atoms with Crippen LogP contribution in [0.1, 0.15) is 6.92 Å². The number of nitrogens with zero attached hydrogens (tertiary/aromatic N) is 2. The number of nitrogens with one attached hydrogen (secondary N) is 1. The molecule has 0 bridgehead atoms. The number of hydrogen-bond acceptors (Lipinski definition) is 6. The number of aromatic nitrogens is 1. The first kappa shape index (κ1) is 15.4. The van der Waals surface area contributed by atoms with E-state index in [2.05, 4.69) is 10.3 Å². The Balaban J connectivity index is 2.30. The van der Waals surface area contributed by atoms with Gasteiger partial charge in [-0.05, 0) is 19.1 Å². The average Bonchev–Trinajstić information content (AvgIpc) is 2.38. The molecule has 1 fully saturated rings. The standard InChI is InChI=1S/C11H17N3O4S2/c1-9-8-14(6-5-12-9)20(17,18)10-3-4-11(13-7-10)19(2,15)16/h3-4,7,9,12H,5-6,8H2,1-2H3. The smallest absolute Gasteiger partial charge is 0.244 e. The van der Waals surface area contributed by atoms with E-state index in [1.807, 2.05) is 6.92 Å². The predicted molar refractivity (Wildman–Crippen MR) is 73.6 cm³/mol. The lowest BCUT2D eigenvalue weighted by Crippen LogP contribution is -2.51. The van der Waals surface area contributed by atoms with E-state index in [1.54, 1.807) is 0 Å². The molecule has 1 aromatic heterocycles. The van der Waals surface area contributed by atoms with Crippen molar-refractivity contribution < 1.29 is 16.8 Å². The molecule has 0 aliphatic carbocycles. The number of sulfone groups is 1. The van der Waals surface area contributed by atoms with Crippen molar-refractivity contribution in [3.63, 3.8) is 0 Å². The van der Waals surface area contributed by atoms with Crippen LogP contribution in [0.25, 0.3) is 0 Å². The van der Waals surface area contributed by atoms with Crippen LogP contribution >= 0.6 is 0 Å². The summed E-state index contributed by atoms with van der Waals surface area (Å²) in [7, 11) is -7.05. The van der Waals surface area contributed by atoms with E-state index in [0.29, 0.717) is 19.6 Å². The molecule has 2 heterocycles. The summed E-state index contributed by atoms with van der Waals surface area (Å²) >= 11 is 0. The molecule has 0 radical (unpaired) electrons. The molecule has 0 spiro atoms. The fraction of sp³-hybridized carbons (Fsp3) is 0.545. The third kappa shape index (κ3) is 3.17. The first-order chi connectivity index (χ1) is 9.21. The highest BCUT2D eigenvalue weighted by Crippen LogP contribution is 2.17. The second-order valence-corrected chi connectivity index (χ2v) is 8.72. The van der Waals surface area contributed by atoms with Crippen molar-refractivity contribution >= 4 is 19.9 Å². The van der Waals surface area contributed by atoms with Gasteiger partial charge in [0.2, 0.25) is 10.0 Å². The third-order valence-corrected chi connectivity index (χ3v) is 5.91. The van der Waals surface area contributed by atoms with Crippen molar-refractivity contribution in [1.29, 1.82) is 0 Å². The fourth-order valence-corrected chi connectivity index (χ4v) is 4.04. The first-order valence-corrected chi connectivity index (χ1v) is 9.44. The Kier molecular flexibility index (Phi) is 4.14. The summed E-state index contributed by atoms with van der Waals surface area (Å²) in [6, 6.07) is 2.58. The number of piperazine rings is 1. The molecular formula is C11H17N3O4S2. The molecule has 1 aliphatic heterocycles.